The SMILES string of the molecule is CCCCC(NCc1ccc(O)cc1)C(=O)OC. The van der Waals surface area contributed by atoms with Gasteiger partial charge in [0.1, 0.15) is 11.8 Å². The van der Waals surface area contributed by atoms with Crippen molar-refractivity contribution in [3.05, 3.63) is 29.8 Å². The van der Waals surface area contributed by atoms with Crippen LogP contribution in [0.4, 0.5) is 0 Å². The molecule has 4 heteroatoms. The van der Waals surface area contributed by atoms with Crippen LogP contribution in [0.3, 0.4) is 0 Å². The van der Waals surface area contributed by atoms with Crippen LogP contribution in [0.25, 0.3) is 0 Å². The molecule has 0 aliphatic heterocycles. The molecule has 0 saturated carbocycles. The Morgan fingerprint density at radius 1 is 1.39 bits per heavy atom. The van der Waals surface area contributed by atoms with Crippen molar-refractivity contribution in [3.63, 3.8) is 0 Å². The molecular weight excluding hydrogens is 230 g/mol. The lowest BCUT2D eigenvalue weighted by Gasteiger charge is -2.16. The quantitative estimate of drug-likeness (QED) is 0.729. The highest BCUT2D eigenvalue weighted by atomic mass is 16.5. The first-order valence-electron chi connectivity index (χ1n) is 6.26. The number of ether oxygens (including phenoxy) is 1. The van der Waals surface area contributed by atoms with Gasteiger partial charge in [-0.05, 0) is 24.1 Å². The van der Waals surface area contributed by atoms with Crippen LogP contribution in [0, 0.1) is 0 Å². The number of phenols is 1. The highest BCUT2D eigenvalue weighted by Crippen LogP contribution is 2.10. The van der Waals surface area contributed by atoms with E-state index in [0.29, 0.717) is 6.54 Å². The van der Waals surface area contributed by atoms with Crippen molar-refractivity contribution < 1.29 is 14.6 Å². The van der Waals surface area contributed by atoms with Crippen molar-refractivity contribution in [2.45, 2.75) is 38.8 Å². The van der Waals surface area contributed by atoms with Crippen LogP contribution in [-0.4, -0.2) is 24.2 Å². The molecular formula is C14H21NO3. The number of carbonyl (C=O) groups excluding carboxylic acids is 1. The maximum absolute atomic E-state index is 11.6. The first kappa shape index (κ1) is 14.5. The number of benzene rings is 1. The molecule has 18 heavy (non-hydrogen) atoms. The van der Waals surface area contributed by atoms with E-state index in [2.05, 4.69) is 12.2 Å². The van der Waals surface area contributed by atoms with E-state index < -0.39 is 0 Å². The van der Waals surface area contributed by atoms with Crippen molar-refractivity contribution in [3.8, 4) is 5.75 Å². The Balaban J connectivity index is 2.50. The molecule has 1 aromatic carbocycles. The topological polar surface area (TPSA) is 58.6 Å². The fraction of sp³-hybridized carbons (Fsp3) is 0.500. The number of phenolic OH excluding ortho intramolecular Hbond substituents is 1. The van der Waals surface area contributed by atoms with Crippen molar-refractivity contribution >= 4 is 5.97 Å². The molecule has 0 aliphatic carbocycles. The highest BCUT2D eigenvalue weighted by molar-refractivity contribution is 5.75. The maximum Gasteiger partial charge on any atom is 0.322 e. The Hall–Kier alpha value is -1.55. The number of aromatic hydroxyl groups is 1. The molecule has 0 amide bonds. The number of hydrogen-bond donors (Lipinski definition) is 2. The van der Waals surface area contributed by atoms with Gasteiger partial charge in [-0.15, -0.1) is 0 Å². The Kier molecular flexibility index (Phi) is 6.22. The summed E-state index contributed by atoms with van der Waals surface area (Å²) in [6.45, 7) is 2.68. The zero-order chi connectivity index (χ0) is 13.4. The molecule has 1 rings (SSSR count). The molecule has 1 aromatic rings. The van der Waals surface area contributed by atoms with Gasteiger partial charge < -0.3 is 15.2 Å². The normalized spacial score (nSPS) is 12.1. The summed E-state index contributed by atoms with van der Waals surface area (Å²) in [6.07, 6.45) is 2.82. The Morgan fingerprint density at radius 2 is 2.06 bits per heavy atom. The van der Waals surface area contributed by atoms with Gasteiger partial charge in [0.15, 0.2) is 0 Å². The lowest BCUT2D eigenvalue weighted by molar-refractivity contribution is -0.143. The lowest BCUT2D eigenvalue weighted by atomic mass is 10.1. The number of carbonyl (C=O) groups is 1. The van der Waals surface area contributed by atoms with E-state index in [0.717, 1.165) is 24.8 Å². The fourth-order valence-corrected chi connectivity index (χ4v) is 1.71. The zero-order valence-electron chi connectivity index (χ0n) is 11.0. The number of nitrogens with one attached hydrogen (secondary N) is 1. The van der Waals surface area contributed by atoms with Gasteiger partial charge in [0.05, 0.1) is 7.11 Å². The van der Waals surface area contributed by atoms with Gasteiger partial charge in [-0.25, -0.2) is 0 Å². The van der Waals surface area contributed by atoms with Gasteiger partial charge in [0.25, 0.3) is 0 Å². The van der Waals surface area contributed by atoms with Gasteiger partial charge in [-0.1, -0.05) is 31.9 Å². The van der Waals surface area contributed by atoms with Gasteiger partial charge in [0, 0.05) is 6.54 Å². The molecule has 2 N–H and O–H groups in total. The van der Waals surface area contributed by atoms with E-state index in [-0.39, 0.29) is 17.8 Å². The summed E-state index contributed by atoms with van der Waals surface area (Å²) in [5.41, 5.74) is 1.03. The number of methoxy groups -OCH3 is 1. The molecule has 0 bridgehead atoms. The highest BCUT2D eigenvalue weighted by Gasteiger charge is 2.17. The molecule has 4 nitrogen and oxygen atoms in total. The van der Waals surface area contributed by atoms with Crippen LogP contribution >= 0.6 is 0 Å². The largest absolute Gasteiger partial charge is 0.508 e. The standard InChI is InChI=1S/C14H21NO3/c1-3-4-5-13(14(17)18-2)15-10-11-6-8-12(16)9-7-11/h6-9,13,15-16H,3-5,10H2,1-2H3. The number of unbranched alkanes of at least 4 members (excludes halogenated alkanes) is 1. The maximum atomic E-state index is 11.6. The van der Waals surface area contributed by atoms with E-state index in [9.17, 15) is 9.90 Å². The van der Waals surface area contributed by atoms with E-state index in [1.165, 1.54) is 7.11 Å². The molecule has 0 heterocycles. The number of hydrogen-bond acceptors (Lipinski definition) is 4. The van der Waals surface area contributed by atoms with Crippen LogP contribution in [0.5, 0.6) is 5.75 Å². The predicted octanol–water partition coefficient (Wildman–Crippen LogP) is 2.21. The second-order valence-corrected chi connectivity index (χ2v) is 4.27. The third kappa shape index (κ3) is 4.75. The Labute approximate surface area is 108 Å². The average Bonchev–Trinajstić information content (AvgIpc) is 2.40. The number of rotatable bonds is 7. The minimum atomic E-state index is -0.260. The van der Waals surface area contributed by atoms with E-state index >= 15 is 0 Å². The van der Waals surface area contributed by atoms with E-state index in [1.807, 2.05) is 12.1 Å². The van der Waals surface area contributed by atoms with Gasteiger partial charge in [-0.2, -0.15) is 0 Å². The predicted molar refractivity (Wildman–Crippen MR) is 70.3 cm³/mol. The van der Waals surface area contributed by atoms with Crippen molar-refractivity contribution in [2.75, 3.05) is 7.11 Å². The third-order valence-corrected chi connectivity index (χ3v) is 2.82. The van der Waals surface area contributed by atoms with E-state index in [1.54, 1.807) is 12.1 Å². The minimum absolute atomic E-state index is 0.220. The molecule has 100 valence electrons. The monoisotopic (exact) mass is 251 g/mol. The summed E-state index contributed by atoms with van der Waals surface area (Å²) in [5, 5.41) is 12.4. The van der Waals surface area contributed by atoms with Crippen LogP contribution < -0.4 is 5.32 Å². The second-order valence-electron chi connectivity index (χ2n) is 4.27. The summed E-state index contributed by atoms with van der Waals surface area (Å²) in [7, 11) is 1.41. The van der Waals surface area contributed by atoms with E-state index in [4.69, 9.17) is 4.74 Å². The molecule has 0 radical (unpaired) electrons. The first-order valence-corrected chi connectivity index (χ1v) is 6.26. The molecule has 1 unspecified atom stereocenters. The zero-order valence-corrected chi connectivity index (χ0v) is 11.0. The van der Waals surface area contributed by atoms with Crippen LogP contribution in [-0.2, 0) is 16.1 Å². The smallest absolute Gasteiger partial charge is 0.322 e. The first-order chi connectivity index (χ1) is 8.67. The third-order valence-electron chi connectivity index (χ3n) is 2.82. The number of esters is 1. The van der Waals surface area contributed by atoms with Crippen molar-refractivity contribution in [1.82, 2.24) is 5.32 Å². The molecule has 0 fully saturated rings. The minimum Gasteiger partial charge on any atom is -0.508 e. The average molecular weight is 251 g/mol. The lowest BCUT2D eigenvalue weighted by Crippen LogP contribution is -2.37. The van der Waals surface area contributed by atoms with Gasteiger partial charge in [-0.3, -0.25) is 4.79 Å². The summed E-state index contributed by atoms with van der Waals surface area (Å²) in [5.74, 6) is 0.0245. The van der Waals surface area contributed by atoms with Crippen LogP contribution in [0.2, 0.25) is 0 Å². The van der Waals surface area contributed by atoms with Gasteiger partial charge >= 0.3 is 5.97 Å². The molecule has 0 aromatic heterocycles. The fourth-order valence-electron chi connectivity index (χ4n) is 1.71. The molecule has 0 saturated heterocycles. The Bertz CT molecular complexity index is 362. The second kappa shape index (κ2) is 7.71. The van der Waals surface area contributed by atoms with Crippen LogP contribution in [0.15, 0.2) is 24.3 Å². The summed E-state index contributed by atoms with van der Waals surface area (Å²) < 4.78 is 4.78. The summed E-state index contributed by atoms with van der Waals surface area (Å²) in [4.78, 5) is 11.6. The van der Waals surface area contributed by atoms with Gasteiger partial charge in [0.2, 0.25) is 0 Å². The van der Waals surface area contributed by atoms with Crippen molar-refractivity contribution in [1.29, 1.82) is 0 Å². The van der Waals surface area contributed by atoms with Crippen molar-refractivity contribution in [2.24, 2.45) is 0 Å². The molecule has 1 atom stereocenters. The summed E-state index contributed by atoms with van der Waals surface area (Å²) >= 11 is 0. The molecule has 0 spiro atoms. The molecule has 0 aliphatic rings. The van der Waals surface area contributed by atoms with Crippen LogP contribution in [0.1, 0.15) is 31.7 Å². The Morgan fingerprint density at radius 3 is 2.61 bits per heavy atom. The summed E-state index contributed by atoms with van der Waals surface area (Å²) in [6, 6.07) is 6.67.